The standard InChI is InChI=1S/C12H11N3O2S/c1-6-7(2)18-12(13-6)15-11(16)9-5-10-8(14-9)3-4-17-10/h3-5,14H,1-2H3,(H,13,15,16). The molecule has 0 radical (unpaired) electrons. The SMILES string of the molecule is Cc1nc(NC(=O)c2cc3occc3[nH]2)sc1C. The van der Waals surface area contributed by atoms with Gasteiger partial charge in [0.1, 0.15) is 5.69 Å². The molecule has 92 valence electrons. The van der Waals surface area contributed by atoms with E-state index in [-0.39, 0.29) is 5.91 Å². The van der Waals surface area contributed by atoms with Gasteiger partial charge in [-0.1, -0.05) is 0 Å². The van der Waals surface area contributed by atoms with Crippen molar-refractivity contribution in [3.8, 4) is 0 Å². The number of aryl methyl sites for hydroxylation is 2. The molecule has 0 aromatic carbocycles. The van der Waals surface area contributed by atoms with E-state index in [1.54, 1.807) is 18.4 Å². The molecule has 2 N–H and O–H groups in total. The molecule has 0 bridgehead atoms. The van der Waals surface area contributed by atoms with Crippen LogP contribution in [-0.4, -0.2) is 15.9 Å². The molecule has 0 aliphatic heterocycles. The molecule has 0 fully saturated rings. The van der Waals surface area contributed by atoms with Crippen LogP contribution < -0.4 is 5.32 Å². The minimum absolute atomic E-state index is 0.213. The lowest BCUT2D eigenvalue weighted by molar-refractivity contribution is 0.102. The van der Waals surface area contributed by atoms with Gasteiger partial charge in [-0.25, -0.2) is 4.98 Å². The fraction of sp³-hybridized carbons (Fsp3) is 0.167. The normalized spacial score (nSPS) is 11.0. The maximum atomic E-state index is 12.0. The first-order valence-electron chi connectivity index (χ1n) is 5.45. The van der Waals surface area contributed by atoms with Gasteiger partial charge in [0.2, 0.25) is 0 Å². The molecular formula is C12H11N3O2S. The van der Waals surface area contributed by atoms with E-state index in [2.05, 4.69) is 15.3 Å². The summed E-state index contributed by atoms with van der Waals surface area (Å²) < 4.78 is 5.20. The van der Waals surface area contributed by atoms with Crippen LogP contribution in [-0.2, 0) is 0 Å². The van der Waals surface area contributed by atoms with Crippen molar-refractivity contribution in [3.63, 3.8) is 0 Å². The summed E-state index contributed by atoms with van der Waals surface area (Å²) in [4.78, 5) is 20.3. The highest BCUT2D eigenvalue weighted by Gasteiger charge is 2.13. The lowest BCUT2D eigenvalue weighted by atomic mass is 10.4. The highest BCUT2D eigenvalue weighted by Crippen LogP contribution is 2.22. The minimum Gasteiger partial charge on any atom is -0.463 e. The second-order valence-corrected chi connectivity index (χ2v) is 5.20. The van der Waals surface area contributed by atoms with Gasteiger partial charge < -0.3 is 9.40 Å². The second kappa shape index (κ2) is 3.99. The molecule has 0 atom stereocenters. The van der Waals surface area contributed by atoms with Crippen LogP contribution >= 0.6 is 11.3 Å². The number of fused-ring (bicyclic) bond motifs is 1. The first kappa shape index (κ1) is 11.0. The zero-order valence-electron chi connectivity index (χ0n) is 9.90. The van der Waals surface area contributed by atoms with Gasteiger partial charge in [0.15, 0.2) is 10.7 Å². The number of thiazole rings is 1. The Kier molecular flexibility index (Phi) is 2.45. The number of hydrogen-bond acceptors (Lipinski definition) is 4. The fourth-order valence-electron chi connectivity index (χ4n) is 1.66. The maximum Gasteiger partial charge on any atom is 0.274 e. The Morgan fingerprint density at radius 3 is 3.00 bits per heavy atom. The van der Waals surface area contributed by atoms with Gasteiger partial charge in [-0.05, 0) is 13.8 Å². The Labute approximate surface area is 107 Å². The number of rotatable bonds is 2. The lowest BCUT2D eigenvalue weighted by Gasteiger charge is -1.97. The Morgan fingerprint density at radius 2 is 2.33 bits per heavy atom. The fourth-order valence-corrected chi connectivity index (χ4v) is 2.47. The summed E-state index contributed by atoms with van der Waals surface area (Å²) in [6.07, 6.45) is 1.58. The molecule has 3 rings (SSSR count). The Morgan fingerprint density at radius 1 is 1.50 bits per heavy atom. The molecular weight excluding hydrogens is 250 g/mol. The first-order valence-corrected chi connectivity index (χ1v) is 6.27. The molecule has 1 amide bonds. The third kappa shape index (κ3) is 1.80. The van der Waals surface area contributed by atoms with Crippen molar-refractivity contribution in [1.82, 2.24) is 9.97 Å². The number of aromatic nitrogens is 2. The molecule has 0 aliphatic rings. The van der Waals surface area contributed by atoms with Gasteiger partial charge in [-0.15, -0.1) is 11.3 Å². The number of hydrogen-bond donors (Lipinski definition) is 2. The molecule has 18 heavy (non-hydrogen) atoms. The molecule has 5 nitrogen and oxygen atoms in total. The third-order valence-electron chi connectivity index (χ3n) is 2.73. The molecule has 3 aromatic rings. The average Bonchev–Trinajstić information content (AvgIpc) is 2.94. The van der Waals surface area contributed by atoms with Gasteiger partial charge in [0.25, 0.3) is 5.91 Å². The molecule has 6 heteroatoms. The number of H-pyrrole nitrogens is 1. The Hall–Kier alpha value is -2.08. The summed E-state index contributed by atoms with van der Waals surface area (Å²) in [6.45, 7) is 3.90. The van der Waals surface area contributed by atoms with E-state index in [1.165, 1.54) is 11.3 Å². The summed E-state index contributed by atoms with van der Waals surface area (Å²) in [6, 6.07) is 3.46. The van der Waals surface area contributed by atoms with E-state index >= 15 is 0 Å². The average molecular weight is 261 g/mol. The van der Waals surface area contributed by atoms with E-state index in [9.17, 15) is 4.79 Å². The van der Waals surface area contributed by atoms with Gasteiger partial charge >= 0.3 is 0 Å². The second-order valence-electron chi connectivity index (χ2n) is 4.00. The smallest absolute Gasteiger partial charge is 0.274 e. The third-order valence-corrected chi connectivity index (χ3v) is 3.72. The molecule has 0 unspecified atom stereocenters. The van der Waals surface area contributed by atoms with Crippen LogP contribution in [0, 0.1) is 13.8 Å². The van der Waals surface area contributed by atoms with Crippen molar-refractivity contribution in [2.24, 2.45) is 0 Å². The topological polar surface area (TPSA) is 70.9 Å². The van der Waals surface area contributed by atoms with E-state index in [4.69, 9.17) is 4.42 Å². The predicted octanol–water partition coefficient (Wildman–Crippen LogP) is 3.09. The number of nitrogens with one attached hydrogen (secondary N) is 2. The van der Waals surface area contributed by atoms with Crippen molar-refractivity contribution in [3.05, 3.63) is 34.7 Å². The van der Waals surface area contributed by atoms with Gasteiger partial charge in [0, 0.05) is 17.0 Å². The van der Waals surface area contributed by atoms with Crippen LogP contribution in [0.1, 0.15) is 21.1 Å². The predicted molar refractivity (Wildman–Crippen MR) is 70.1 cm³/mol. The number of carbonyl (C=O) groups is 1. The molecule has 0 spiro atoms. The summed E-state index contributed by atoms with van der Waals surface area (Å²) in [5.74, 6) is -0.213. The zero-order valence-corrected chi connectivity index (χ0v) is 10.7. The molecule has 3 aromatic heterocycles. The van der Waals surface area contributed by atoms with Crippen molar-refractivity contribution in [1.29, 1.82) is 0 Å². The van der Waals surface area contributed by atoms with Gasteiger partial charge in [-0.2, -0.15) is 0 Å². The van der Waals surface area contributed by atoms with Crippen LogP contribution in [0.5, 0.6) is 0 Å². The quantitative estimate of drug-likeness (QED) is 0.744. The number of carbonyl (C=O) groups excluding carboxylic acids is 1. The summed E-state index contributed by atoms with van der Waals surface area (Å²) in [5, 5.41) is 3.38. The lowest BCUT2D eigenvalue weighted by Crippen LogP contribution is -2.11. The van der Waals surface area contributed by atoms with Crippen molar-refractivity contribution in [2.75, 3.05) is 5.32 Å². The van der Waals surface area contributed by atoms with Gasteiger partial charge in [-0.3, -0.25) is 10.1 Å². The maximum absolute atomic E-state index is 12.0. The number of furan rings is 1. The number of anilines is 1. The van der Waals surface area contributed by atoms with E-state index in [0.717, 1.165) is 16.1 Å². The van der Waals surface area contributed by atoms with Gasteiger partial charge in [0.05, 0.1) is 17.5 Å². The Balaban J connectivity index is 1.84. The zero-order chi connectivity index (χ0) is 12.7. The van der Waals surface area contributed by atoms with E-state index in [1.807, 2.05) is 13.8 Å². The van der Waals surface area contributed by atoms with E-state index < -0.39 is 0 Å². The van der Waals surface area contributed by atoms with Crippen LogP contribution in [0.3, 0.4) is 0 Å². The number of aromatic amines is 1. The highest BCUT2D eigenvalue weighted by molar-refractivity contribution is 7.15. The summed E-state index contributed by atoms with van der Waals surface area (Å²) >= 11 is 1.47. The highest BCUT2D eigenvalue weighted by atomic mass is 32.1. The largest absolute Gasteiger partial charge is 0.463 e. The van der Waals surface area contributed by atoms with Crippen molar-refractivity contribution >= 4 is 33.5 Å². The summed E-state index contributed by atoms with van der Waals surface area (Å²) in [7, 11) is 0. The first-order chi connectivity index (χ1) is 8.63. The Bertz CT molecular complexity index is 675. The number of nitrogens with zero attached hydrogens (tertiary/aromatic N) is 1. The van der Waals surface area contributed by atoms with Crippen LogP contribution in [0.25, 0.3) is 11.1 Å². The molecule has 0 aliphatic carbocycles. The van der Waals surface area contributed by atoms with E-state index in [0.29, 0.717) is 16.4 Å². The van der Waals surface area contributed by atoms with Crippen LogP contribution in [0.2, 0.25) is 0 Å². The van der Waals surface area contributed by atoms with Crippen LogP contribution in [0.15, 0.2) is 22.8 Å². The molecule has 3 heterocycles. The number of amides is 1. The molecule has 0 saturated heterocycles. The summed E-state index contributed by atoms with van der Waals surface area (Å²) in [5.41, 5.74) is 2.89. The minimum atomic E-state index is -0.213. The monoisotopic (exact) mass is 261 g/mol. The van der Waals surface area contributed by atoms with Crippen molar-refractivity contribution in [2.45, 2.75) is 13.8 Å². The molecule has 0 saturated carbocycles. The van der Waals surface area contributed by atoms with Crippen molar-refractivity contribution < 1.29 is 9.21 Å². The van der Waals surface area contributed by atoms with Crippen LogP contribution in [0.4, 0.5) is 5.13 Å².